The van der Waals surface area contributed by atoms with Crippen LogP contribution in [-0.4, -0.2) is 60.8 Å². The minimum absolute atomic E-state index is 0.0603. The van der Waals surface area contributed by atoms with E-state index in [9.17, 15) is 14.7 Å². The number of carboxylic acid groups (broad SMARTS) is 1. The molecule has 1 rings (SSSR count). The minimum Gasteiger partial charge on any atom is -0.465 e. The number of ether oxygens (including phenoxy) is 1. The van der Waals surface area contributed by atoms with Crippen LogP contribution in [0.1, 0.15) is 61.3 Å². The second kappa shape index (κ2) is 8.39. The Balaban J connectivity index is 2.78. The largest absolute Gasteiger partial charge is 0.465 e. The Kier molecular flexibility index (Phi) is 7.38. The van der Waals surface area contributed by atoms with Crippen LogP contribution >= 0.6 is 0 Å². The molecule has 0 aromatic rings. The van der Waals surface area contributed by atoms with E-state index in [1.807, 2.05) is 6.92 Å². The van der Waals surface area contributed by atoms with Crippen LogP contribution in [-0.2, 0) is 9.16 Å². The summed E-state index contributed by atoms with van der Waals surface area (Å²) in [6, 6.07) is -0.472. The Bertz CT molecular complexity index is 539. The van der Waals surface area contributed by atoms with Crippen molar-refractivity contribution in [1.82, 2.24) is 10.2 Å². The van der Waals surface area contributed by atoms with Gasteiger partial charge in [0.1, 0.15) is 5.60 Å². The molecule has 1 saturated heterocycles. The predicted molar refractivity (Wildman–Crippen MR) is 109 cm³/mol. The third-order valence-corrected chi connectivity index (χ3v) is 10.00. The summed E-state index contributed by atoms with van der Waals surface area (Å²) < 4.78 is 11.7. The summed E-state index contributed by atoms with van der Waals surface area (Å²) in [6.45, 7) is 18.4. The quantitative estimate of drug-likeness (QED) is 0.679. The van der Waals surface area contributed by atoms with E-state index in [1.54, 1.807) is 20.8 Å². The van der Waals surface area contributed by atoms with Crippen molar-refractivity contribution in [3.63, 3.8) is 0 Å². The first-order valence-electron chi connectivity index (χ1n) is 9.70. The molecule has 1 aliphatic heterocycles. The molecule has 2 amide bonds. The minimum atomic E-state index is -2.00. The number of likely N-dealkylation sites (tertiary alicyclic amines) is 1. The number of hydrogen-bond donors (Lipinski definition) is 2. The zero-order valence-corrected chi connectivity index (χ0v) is 19.4. The summed E-state index contributed by atoms with van der Waals surface area (Å²) in [4.78, 5) is 25.2. The molecule has 0 aromatic carbocycles. The lowest BCUT2D eigenvalue weighted by Gasteiger charge is -2.45. The van der Waals surface area contributed by atoms with Gasteiger partial charge in [0, 0.05) is 12.6 Å². The molecular weight excluding hydrogens is 364 g/mol. The average Bonchev–Trinajstić information content (AvgIpc) is 2.43. The third kappa shape index (κ3) is 6.99. The predicted octanol–water partition coefficient (Wildman–Crippen LogP) is 4.43. The van der Waals surface area contributed by atoms with Crippen molar-refractivity contribution in [1.29, 1.82) is 0 Å². The van der Waals surface area contributed by atoms with Crippen LogP contribution in [0.25, 0.3) is 0 Å². The molecule has 1 fully saturated rings. The molecule has 1 aliphatic rings. The number of carbonyl (C=O) groups is 2. The zero-order valence-electron chi connectivity index (χ0n) is 18.4. The Morgan fingerprint density at radius 3 is 2.15 bits per heavy atom. The summed E-state index contributed by atoms with van der Waals surface area (Å²) in [7, 11) is -2.00. The van der Waals surface area contributed by atoms with E-state index >= 15 is 0 Å². The lowest BCUT2D eigenvalue weighted by Crippen LogP contribution is -2.58. The molecule has 7 nitrogen and oxygen atoms in total. The van der Waals surface area contributed by atoms with Crippen LogP contribution in [0.15, 0.2) is 0 Å². The van der Waals surface area contributed by atoms with Gasteiger partial charge in [0.05, 0.1) is 12.1 Å². The van der Waals surface area contributed by atoms with E-state index < -0.39 is 26.1 Å². The van der Waals surface area contributed by atoms with Crippen molar-refractivity contribution < 1.29 is 23.9 Å². The molecular formula is C19H38N2O5Si. The van der Waals surface area contributed by atoms with E-state index in [4.69, 9.17) is 9.16 Å². The highest BCUT2D eigenvalue weighted by Gasteiger charge is 2.42. The van der Waals surface area contributed by atoms with E-state index in [1.165, 1.54) is 4.90 Å². The van der Waals surface area contributed by atoms with E-state index in [0.29, 0.717) is 12.8 Å². The van der Waals surface area contributed by atoms with Gasteiger partial charge in [0.25, 0.3) is 0 Å². The van der Waals surface area contributed by atoms with E-state index in [0.717, 1.165) is 0 Å². The fraction of sp³-hybridized carbons (Fsp3) is 0.895. The van der Waals surface area contributed by atoms with Crippen LogP contribution in [0.2, 0.25) is 18.1 Å². The highest BCUT2D eigenvalue weighted by Crippen LogP contribution is 2.38. The van der Waals surface area contributed by atoms with Crippen molar-refractivity contribution in [2.45, 2.75) is 103 Å². The van der Waals surface area contributed by atoms with Crippen LogP contribution in [0.3, 0.4) is 0 Å². The average molecular weight is 403 g/mol. The topological polar surface area (TPSA) is 88.1 Å². The van der Waals surface area contributed by atoms with Gasteiger partial charge in [-0.3, -0.25) is 0 Å². The monoisotopic (exact) mass is 402 g/mol. The maximum absolute atomic E-state index is 12.0. The van der Waals surface area contributed by atoms with Crippen LogP contribution in [0.5, 0.6) is 0 Å². The van der Waals surface area contributed by atoms with Gasteiger partial charge >= 0.3 is 12.2 Å². The Morgan fingerprint density at radius 2 is 1.70 bits per heavy atom. The maximum atomic E-state index is 12.0. The summed E-state index contributed by atoms with van der Waals surface area (Å²) in [5, 5.41) is 12.5. The standard InChI is InChI=1S/C19H38N2O5Si/c1-13(26-27(8,9)19(5,6)7)15-11-10-14(12-21(15)17(23)24)20-16(22)25-18(2,3)4/h13-15H,10-12H2,1-9H3,(H,20,22)(H,23,24)/t13-,14?,15?/m1/s1. The molecule has 0 aliphatic carbocycles. The molecule has 0 aromatic heterocycles. The number of hydrogen-bond acceptors (Lipinski definition) is 4. The van der Waals surface area contributed by atoms with Gasteiger partial charge in [0.15, 0.2) is 8.32 Å². The van der Waals surface area contributed by atoms with Crippen LogP contribution in [0, 0.1) is 0 Å². The lowest BCUT2D eigenvalue weighted by molar-refractivity contribution is 0.0251. The number of amides is 2. The fourth-order valence-electron chi connectivity index (χ4n) is 3.01. The molecule has 0 bridgehead atoms. The van der Waals surface area contributed by atoms with Gasteiger partial charge in [-0.2, -0.15) is 0 Å². The first kappa shape index (κ1) is 23.8. The molecule has 2 unspecified atom stereocenters. The highest BCUT2D eigenvalue weighted by molar-refractivity contribution is 6.74. The second-order valence-electron chi connectivity index (χ2n) is 10.0. The molecule has 0 spiro atoms. The van der Waals surface area contributed by atoms with Crippen LogP contribution < -0.4 is 5.32 Å². The van der Waals surface area contributed by atoms with Gasteiger partial charge in [-0.05, 0) is 58.7 Å². The molecule has 27 heavy (non-hydrogen) atoms. The fourth-order valence-corrected chi connectivity index (χ4v) is 4.45. The molecule has 3 atom stereocenters. The molecule has 0 saturated carbocycles. The number of nitrogens with one attached hydrogen (secondary N) is 1. The summed E-state index contributed by atoms with van der Waals surface area (Å²) in [6.07, 6.45) is -0.353. The number of carbonyl (C=O) groups excluding carboxylic acids is 1. The van der Waals surface area contributed by atoms with Gasteiger partial charge < -0.3 is 24.5 Å². The number of alkyl carbamates (subject to hydrolysis) is 1. The first-order chi connectivity index (χ1) is 12.0. The van der Waals surface area contributed by atoms with Crippen molar-refractivity contribution in [3.05, 3.63) is 0 Å². The van der Waals surface area contributed by atoms with E-state index in [-0.39, 0.29) is 29.8 Å². The highest BCUT2D eigenvalue weighted by atomic mass is 28.4. The zero-order chi connectivity index (χ0) is 21.2. The summed E-state index contributed by atoms with van der Waals surface area (Å²) >= 11 is 0. The van der Waals surface area contributed by atoms with E-state index in [2.05, 4.69) is 39.2 Å². The second-order valence-corrected chi connectivity index (χ2v) is 14.8. The smallest absolute Gasteiger partial charge is 0.407 e. The molecule has 1 heterocycles. The van der Waals surface area contributed by atoms with Gasteiger partial charge in [-0.1, -0.05) is 20.8 Å². The Hall–Kier alpha value is -1.28. The van der Waals surface area contributed by atoms with Crippen molar-refractivity contribution in [3.8, 4) is 0 Å². The van der Waals surface area contributed by atoms with Gasteiger partial charge in [0.2, 0.25) is 0 Å². The number of piperidine rings is 1. The van der Waals surface area contributed by atoms with Gasteiger partial charge in [-0.25, -0.2) is 9.59 Å². The first-order valence-corrected chi connectivity index (χ1v) is 12.6. The number of nitrogens with zero attached hydrogens (tertiary/aromatic N) is 1. The lowest BCUT2D eigenvalue weighted by atomic mass is 9.95. The normalized spacial score (nSPS) is 22.9. The molecule has 2 N–H and O–H groups in total. The molecule has 8 heteroatoms. The molecule has 158 valence electrons. The van der Waals surface area contributed by atoms with Crippen molar-refractivity contribution in [2.75, 3.05) is 6.54 Å². The third-order valence-electron chi connectivity index (χ3n) is 5.42. The Morgan fingerprint density at radius 1 is 1.15 bits per heavy atom. The summed E-state index contributed by atoms with van der Waals surface area (Å²) in [5.74, 6) is 0. The molecule has 0 radical (unpaired) electrons. The SMILES string of the molecule is C[C@@H](O[Si](C)(C)C(C)(C)C)C1CCC(NC(=O)OC(C)(C)C)CN1C(=O)O. The maximum Gasteiger partial charge on any atom is 0.407 e. The van der Waals surface area contributed by atoms with Gasteiger partial charge in [-0.15, -0.1) is 0 Å². The van der Waals surface area contributed by atoms with Crippen LogP contribution in [0.4, 0.5) is 9.59 Å². The number of rotatable bonds is 4. The Labute approximate surface area is 164 Å². The van der Waals surface area contributed by atoms with Crippen molar-refractivity contribution >= 4 is 20.5 Å². The van der Waals surface area contributed by atoms with Crippen molar-refractivity contribution in [2.24, 2.45) is 0 Å². The summed E-state index contributed by atoms with van der Waals surface area (Å²) in [5.41, 5.74) is -0.584.